The highest BCUT2D eigenvalue weighted by atomic mass is 16.5. The van der Waals surface area contributed by atoms with Crippen LogP contribution in [0, 0.1) is 0 Å². The largest absolute Gasteiger partial charge is 0.496 e. The number of morpholine rings is 1. The fourth-order valence-electron chi connectivity index (χ4n) is 2.82. The number of hydrogen-bond donors (Lipinski definition) is 1. The highest BCUT2D eigenvalue weighted by molar-refractivity contribution is 5.61. The quantitative estimate of drug-likeness (QED) is 0.910. The van der Waals surface area contributed by atoms with Crippen LogP contribution in [0.15, 0.2) is 18.2 Å². The van der Waals surface area contributed by atoms with Crippen molar-refractivity contribution in [2.75, 3.05) is 25.1 Å². The van der Waals surface area contributed by atoms with Gasteiger partial charge in [0.15, 0.2) is 0 Å². The molecule has 1 fully saturated rings. The normalized spacial score (nSPS) is 25.2. The van der Waals surface area contributed by atoms with E-state index >= 15 is 0 Å². The third kappa shape index (κ3) is 3.01. The van der Waals surface area contributed by atoms with Crippen LogP contribution in [0.3, 0.4) is 0 Å². The van der Waals surface area contributed by atoms with Crippen LogP contribution in [-0.2, 0) is 4.74 Å². The zero-order valence-corrected chi connectivity index (χ0v) is 12.2. The lowest BCUT2D eigenvalue weighted by Gasteiger charge is -2.38. The van der Waals surface area contributed by atoms with Crippen LogP contribution in [0.5, 0.6) is 5.75 Å². The summed E-state index contributed by atoms with van der Waals surface area (Å²) in [6.45, 7) is 7.98. The summed E-state index contributed by atoms with van der Waals surface area (Å²) in [6.07, 6.45) is 0.465. The number of rotatable bonds is 3. The Morgan fingerprint density at radius 2 is 1.95 bits per heavy atom. The van der Waals surface area contributed by atoms with Crippen LogP contribution >= 0.6 is 0 Å². The standard InChI is InChI=1S/C15H24N2O2/c1-10-8-17(9-11(2)19-10)13-6-5-7-14(18-4)15(13)12(3)16/h5-7,10-12H,8-9,16H2,1-4H3/t10-,11+,12-/m1/s1. The van der Waals surface area contributed by atoms with Gasteiger partial charge in [0, 0.05) is 30.4 Å². The van der Waals surface area contributed by atoms with Gasteiger partial charge in [-0.2, -0.15) is 0 Å². The van der Waals surface area contributed by atoms with E-state index in [-0.39, 0.29) is 18.2 Å². The highest BCUT2D eigenvalue weighted by Gasteiger charge is 2.25. The molecular weight excluding hydrogens is 240 g/mol. The average molecular weight is 264 g/mol. The summed E-state index contributed by atoms with van der Waals surface area (Å²) >= 11 is 0. The maximum absolute atomic E-state index is 6.13. The van der Waals surface area contributed by atoms with Crippen LogP contribution in [0.25, 0.3) is 0 Å². The summed E-state index contributed by atoms with van der Waals surface area (Å²) in [5, 5.41) is 0. The molecule has 0 spiro atoms. The Bertz CT molecular complexity index is 424. The number of methoxy groups -OCH3 is 1. The fourth-order valence-corrected chi connectivity index (χ4v) is 2.82. The van der Waals surface area contributed by atoms with Crippen LogP contribution in [-0.4, -0.2) is 32.4 Å². The molecule has 0 saturated carbocycles. The van der Waals surface area contributed by atoms with Gasteiger partial charge in [-0.15, -0.1) is 0 Å². The first-order chi connectivity index (χ1) is 9.02. The van der Waals surface area contributed by atoms with E-state index < -0.39 is 0 Å². The Morgan fingerprint density at radius 3 is 2.47 bits per heavy atom. The minimum Gasteiger partial charge on any atom is -0.496 e. The Kier molecular flexibility index (Phi) is 4.32. The summed E-state index contributed by atoms with van der Waals surface area (Å²) in [6, 6.07) is 6.05. The molecule has 3 atom stereocenters. The topological polar surface area (TPSA) is 47.7 Å². The Balaban J connectivity index is 2.38. The van der Waals surface area contributed by atoms with Gasteiger partial charge in [0.2, 0.25) is 0 Å². The van der Waals surface area contributed by atoms with E-state index in [4.69, 9.17) is 15.2 Å². The molecule has 1 aromatic carbocycles. The molecule has 0 bridgehead atoms. The summed E-state index contributed by atoms with van der Waals surface area (Å²) < 4.78 is 11.2. The molecule has 0 aromatic heterocycles. The highest BCUT2D eigenvalue weighted by Crippen LogP contribution is 2.34. The number of nitrogens with two attached hydrogens (primary N) is 1. The van der Waals surface area contributed by atoms with Gasteiger partial charge in [-0.25, -0.2) is 0 Å². The Hall–Kier alpha value is -1.26. The van der Waals surface area contributed by atoms with Crippen LogP contribution in [0.1, 0.15) is 32.4 Å². The molecule has 4 nitrogen and oxygen atoms in total. The molecule has 2 N–H and O–H groups in total. The number of nitrogens with zero attached hydrogens (tertiary/aromatic N) is 1. The first kappa shape index (κ1) is 14.2. The number of benzene rings is 1. The van der Waals surface area contributed by atoms with Crippen molar-refractivity contribution in [3.63, 3.8) is 0 Å². The van der Waals surface area contributed by atoms with Crippen LogP contribution in [0.2, 0.25) is 0 Å². The zero-order valence-electron chi connectivity index (χ0n) is 12.2. The van der Waals surface area contributed by atoms with E-state index in [0.717, 1.165) is 30.1 Å². The van der Waals surface area contributed by atoms with E-state index in [1.54, 1.807) is 7.11 Å². The lowest BCUT2D eigenvalue weighted by Crippen LogP contribution is -2.46. The van der Waals surface area contributed by atoms with E-state index in [1.165, 1.54) is 0 Å². The van der Waals surface area contributed by atoms with Gasteiger partial charge in [-0.3, -0.25) is 0 Å². The number of ether oxygens (including phenoxy) is 2. The van der Waals surface area contributed by atoms with Crippen molar-refractivity contribution in [3.8, 4) is 5.75 Å². The van der Waals surface area contributed by atoms with Crippen molar-refractivity contribution in [2.24, 2.45) is 5.73 Å². The van der Waals surface area contributed by atoms with Crippen molar-refractivity contribution in [1.29, 1.82) is 0 Å². The van der Waals surface area contributed by atoms with Gasteiger partial charge in [0.05, 0.1) is 19.3 Å². The van der Waals surface area contributed by atoms with Crippen molar-refractivity contribution in [1.82, 2.24) is 0 Å². The number of anilines is 1. The maximum atomic E-state index is 6.13. The molecule has 1 aromatic rings. The molecule has 0 unspecified atom stereocenters. The molecule has 1 heterocycles. The molecule has 0 amide bonds. The van der Waals surface area contributed by atoms with Gasteiger partial charge in [-0.05, 0) is 32.9 Å². The van der Waals surface area contributed by atoms with E-state index in [2.05, 4.69) is 24.8 Å². The molecule has 2 rings (SSSR count). The minimum atomic E-state index is -0.0559. The fraction of sp³-hybridized carbons (Fsp3) is 0.600. The third-order valence-corrected chi connectivity index (χ3v) is 3.48. The third-order valence-electron chi connectivity index (χ3n) is 3.48. The molecule has 1 saturated heterocycles. The molecule has 0 radical (unpaired) electrons. The predicted octanol–water partition coefficient (Wildman–Crippen LogP) is 2.33. The van der Waals surface area contributed by atoms with Gasteiger partial charge >= 0.3 is 0 Å². The summed E-state index contributed by atoms with van der Waals surface area (Å²) in [4.78, 5) is 2.35. The lowest BCUT2D eigenvalue weighted by molar-refractivity contribution is -0.00529. The van der Waals surface area contributed by atoms with Gasteiger partial charge < -0.3 is 20.1 Å². The van der Waals surface area contributed by atoms with Crippen LogP contribution in [0.4, 0.5) is 5.69 Å². The minimum absolute atomic E-state index is 0.0559. The van der Waals surface area contributed by atoms with Crippen molar-refractivity contribution < 1.29 is 9.47 Å². The Morgan fingerprint density at radius 1 is 1.32 bits per heavy atom. The monoisotopic (exact) mass is 264 g/mol. The predicted molar refractivity (Wildman–Crippen MR) is 77.8 cm³/mol. The van der Waals surface area contributed by atoms with E-state index in [1.807, 2.05) is 19.1 Å². The summed E-state index contributed by atoms with van der Waals surface area (Å²) in [5.74, 6) is 0.860. The van der Waals surface area contributed by atoms with Crippen molar-refractivity contribution in [3.05, 3.63) is 23.8 Å². The van der Waals surface area contributed by atoms with Crippen LogP contribution < -0.4 is 15.4 Å². The molecule has 106 valence electrons. The molecule has 19 heavy (non-hydrogen) atoms. The Labute approximate surface area is 115 Å². The molecule has 1 aliphatic rings. The summed E-state index contributed by atoms with van der Waals surface area (Å²) in [5.41, 5.74) is 8.37. The molecule has 1 aliphatic heterocycles. The second-order valence-corrected chi connectivity index (χ2v) is 5.34. The average Bonchev–Trinajstić information content (AvgIpc) is 2.36. The molecule has 0 aliphatic carbocycles. The van der Waals surface area contributed by atoms with Gasteiger partial charge in [0.1, 0.15) is 5.75 Å². The molecule has 4 heteroatoms. The maximum Gasteiger partial charge on any atom is 0.125 e. The first-order valence-electron chi connectivity index (χ1n) is 6.85. The smallest absolute Gasteiger partial charge is 0.125 e. The second kappa shape index (κ2) is 5.80. The van der Waals surface area contributed by atoms with Gasteiger partial charge in [0.25, 0.3) is 0 Å². The second-order valence-electron chi connectivity index (χ2n) is 5.34. The zero-order chi connectivity index (χ0) is 14.0. The van der Waals surface area contributed by atoms with E-state index in [9.17, 15) is 0 Å². The van der Waals surface area contributed by atoms with E-state index in [0.29, 0.717) is 0 Å². The molecular formula is C15H24N2O2. The van der Waals surface area contributed by atoms with Crippen molar-refractivity contribution >= 4 is 5.69 Å². The SMILES string of the molecule is COc1cccc(N2C[C@@H](C)O[C@@H](C)C2)c1[C@@H](C)N. The van der Waals surface area contributed by atoms with Crippen molar-refractivity contribution in [2.45, 2.75) is 39.0 Å². The number of hydrogen-bond acceptors (Lipinski definition) is 4. The first-order valence-corrected chi connectivity index (χ1v) is 6.85. The lowest BCUT2D eigenvalue weighted by atomic mass is 10.0. The van der Waals surface area contributed by atoms with Gasteiger partial charge in [-0.1, -0.05) is 6.07 Å². The summed E-state index contributed by atoms with van der Waals surface area (Å²) in [7, 11) is 1.69.